The first-order valence-electron chi connectivity index (χ1n) is 15.3. The Bertz CT molecular complexity index is 1960. The van der Waals surface area contributed by atoms with Gasteiger partial charge in [-0.3, -0.25) is 14.3 Å². The number of aromatic amines is 1. The van der Waals surface area contributed by atoms with Crippen molar-refractivity contribution in [3.63, 3.8) is 0 Å². The van der Waals surface area contributed by atoms with E-state index in [9.17, 15) is 14.4 Å². The van der Waals surface area contributed by atoms with Crippen molar-refractivity contribution in [2.75, 3.05) is 20.8 Å². The van der Waals surface area contributed by atoms with E-state index < -0.39 is 53.8 Å². The van der Waals surface area contributed by atoms with Crippen LogP contribution < -0.4 is 20.7 Å². The van der Waals surface area contributed by atoms with Crippen LogP contribution in [0.4, 0.5) is 8.78 Å². The Balaban J connectivity index is 1.52. The topological polar surface area (TPSA) is 118 Å². The third-order valence-corrected chi connectivity index (χ3v) is 8.32. The molecule has 2 heterocycles. The number of H-pyrrole nitrogens is 1. The van der Waals surface area contributed by atoms with Crippen LogP contribution in [0.3, 0.4) is 0 Å². The van der Waals surface area contributed by atoms with Gasteiger partial charge in [-0.1, -0.05) is 72.8 Å². The van der Waals surface area contributed by atoms with E-state index >= 15 is 8.78 Å². The van der Waals surface area contributed by atoms with Crippen LogP contribution in [-0.4, -0.2) is 54.5 Å². The summed E-state index contributed by atoms with van der Waals surface area (Å²) in [6.07, 6.45) is -5.42. The number of benzene rings is 4. The van der Waals surface area contributed by atoms with Crippen molar-refractivity contribution in [3.8, 4) is 11.5 Å². The van der Waals surface area contributed by atoms with Crippen LogP contribution in [0.25, 0.3) is 0 Å². The molecule has 1 aliphatic heterocycles. The van der Waals surface area contributed by atoms with Gasteiger partial charge in [0.05, 0.1) is 19.8 Å². The number of halogens is 2. The maximum atomic E-state index is 17.5. The lowest BCUT2D eigenvalue weighted by atomic mass is 9.79. The highest BCUT2D eigenvalue weighted by Gasteiger charge is 2.62. The van der Waals surface area contributed by atoms with E-state index in [1.54, 1.807) is 97.1 Å². The lowest BCUT2D eigenvalue weighted by molar-refractivity contribution is -0.231. The number of hydrogen-bond acceptors (Lipinski definition) is 8. The average molecular weight is 671 g/mol. The molecule has 4 aromatic carbocycles. The smallest absolute Gasteiger partial charge is 0.338 e. The van der Waals surface area contributed by atoms with Gasteiger partial charge in [-0.25, -0.2) is 18.4 Å². The number of ether oxygens (including phenoxy) is 5. The van der Waals surface area contributed by atoms with Crippen LogP contribution in [0.15, 0.2) is 131 Å². The van der Waals surface area contributed by atoms with Crippen LogP contribution >= 0.6 is 0 Å². The van der Waals surface area contributed by atoms with E-state index in [-0.39, 0.29) is 5.56 Å². The maximum Gasteiger partial charge on any atom is 0.338 e. The molecule has 49 heavy (non-hydrogen) atoms. The monoisotopic (exact) mass is 670 g/mol. The maximum absolute atomic E-state index is 17.5. The van der Waals surface area contributed by atoms with E-state index in [0.717, 1.165) is 12.3 Å². The fraction of sp³-hybridized carbons (Fsp3) is 0.216. The van der Waals surface area contributed by atoms with Gasteiger partial charge in [0.25, 0.3) is 11.4 Å². The van der Waals surface area contributed by atoms with Crippen molar-refractivity contribution in [3.05, 3.63) is 165 Å². The van der Waals surface area contributed by atoms with Gasteiger partial charge in [0.2, 0.25) is 0 Å². The third-order valence-electron chi connectivity index (χ3n) is 8.32. The minimum absolute atomic E-state index is 0.127. The number of carbonyl (C=O) groups excluding carboxylic acids is 1. The third kappa shape index (κ3) is 6.48. The first-order valence-corrected chi connectivity index (χ1v) is 15.3. The summed E-state index contributed by atoms with van der Waals surface area (Å²) in [5, 5.41) is 0. The Morgan fingerprint density at radius 2 is 1.35 bits per heavy atom. The van der Waals surface area contributed by atoms with Crippen LogP contribution in [0.2, 0.25) is 0 Å². The Morgan fingerprint density at radius 1 is 0.816 bits per heavy atom. The standard InChI is InChI=1S/C37H32F2N2O8/c1-45-28-17-13-26(14-18-28)37(25-11-7-4-8-12-25,27-15-19-29(46-2)20-16-27)48-32-31(38)33(41-22-21-30(42)40-35(41)44)49-36(32,39)23-47-34(43)24-9-5-3-6-10-24/h3-22,31-33H,23H2,1-2H3,(H,40,42,44)/t31-,32+,33-,36+/m1/s1. The quantitative estimate of drug-likeness (QED) is 0.148. The molecule has 0 amide bonds. The Morgan fingerprint density at radius 3 is 1.88 bits per heavy atom. The van der Waals surface area contributed by atoms with Gasteiger partial charge in [-0.05, 0) is 53.1 Å². The van der Waals surface area contributed by atoms with Crippen molar-refractivity contribution < 1.29 is 37.3 Å². The molecule has 1 N–H and O–H groups in total. The van der Waals surface area contributed by atoms with Crippen molar-refractivity contribution in [1.82, 2.24) is 9.55 Å². The summed E-state index contributed by atoms with van der Waals surface area (Å²) < 4.78 is 63.7. The zero-order valence-corrected chi connectivity index (χ0v) is 26.5. The van der Waals surface area contributed by atoms with Crippen molar-refractivity contribution >= 4 is 5.97 Å². The predicted molar refractivity (Wildman–Crippen MR) is 174 cm³/mol. The molecule has 252 valence electrons. The van der Waals surface area contributed by atoms with Crippen LogP contribution in [-0.2, 0) is 19.8 Å². The number of esters is 1. The molecule has 10 nitrogen and oxygen atoms in total. The average Bonchev–Trinajstić information content (AvgIpc) is 3.38. The molecule has 4 atom stereocenters. The summed E-state index contributed by atoms with van der Waals surface area (Å²) >= 11 is 0. The van der Waals surface area contributed by atoms with E-state index in [4.69, 9.17) is 23.7 Å². The molecule has 1 saturated heterocycles. The lowest BCUT2D eigenvalue weighted by Gasteiger charge is -2.40. The molecular formula is C37H32F2N2O8. The number of rotatable bonds is 11. The Labute approximate surface area is 279 Å². The van der Waals surface area contributed by atoms with Crippen LogP contribution in [0.5, 0.6) is 11.5 Å². The van der Waals surface area contributed by atoms with E-state index in [0.29, 0.717) is 32.8 Å². The summed E-state index contributed by atoms with van der Waals surface area (Å²) in [5.74, 6) is -2.99. The van der Waals surface area contributed by atoms with Crippen molar-refractivity contribution in [1.29, 1.82) is 0 Å². The summed E-state index contributed by atoms with van der Waals surface area (Å²) in [6, 6.07) is 31.2. The minimum Gasteiger partial charge on any atom is -0.497 e. The summed E-state index contributed by atoms with van der Waals surface area (Å²) in [4.78, 5) is 39.6. The number of aromatic nitrogens is 2. The van der Waals surface area contributed by atoms with E-state index in [1.165, 1.54) is 26.4 Å². The SMILES string of the molecule is COc1ccc(C(O[C@H]2[C@@H](F)[C@H](n3ccc(=O)[nH]c3=O)O[C@@]2(F)COC(=O)c2ccccc2)(c2ccccc2)c2ccc(OC)cc2)cc1. The molecule has 1 fully saturated rings. The predicted octanol–water partition coefficient (Wildman–Crippen LogP) is 5.32. The highest BCUT2D eigenvalue weighted by atomic mass is 19.2. The normalized spacial score (nSPS) is 20.4. The second-order valence-corrected chi connectivity index (χ2v) is 11.2. The largest absolute Gasteiger partial charge is 0.497 e. The highest BCUT2D eigenvalue weighted by Crippen LogP contribution is 2.49. The summed E-state index contributed by atoms with van der Waals surface area (Å²) in [6.45, 7) is -1.10. The molecule has 1 aromatic heterocycles. The molecule has 0 aliphatic carbocycles. The summed E-state index contributed by atoms with van der Waals surface area (Å²) in [7, 11) is 3.02. The number of carbonyl (C=O) groups is 1. The minimum atomic E-state index is -3.15. The van der Waals surface area contributed by atoms with Gasteiger partial charge in [0.1, 0.15) is 17.1 Å². The van der Waals surface area contributed by atoms with Crippen molar-refractivity contribution in [2.24, 2.45) is 0 Å². The van der Waals surface area contributed by atoms with Gasteiger partial charge >= 0.3 is 11.7 Å². The molecule has 0 saturated carbocycles. The molecule has 1 aliphatic rings. The molecule has 6 rings (SSSR count). The summed E-state index contributed by atoms with van der Waals surface area (Å²) in [5.41, 5.74) is -1.95. The van der Waals surface area contributed by atoms with Gasteiger partial charge in [0, 0.05) is 12.3 Å². The van der Waals surface area contributed by atoms with Gasteiger partial charge < -0.3 is 23.7 Å². The molecular weight excluding hydrogens is 638 g/mol. The zero-order valence-electron chi connectivity index (χ0n) is 26.5. The van der Waals surface area contributed by atoms with E-state index in [2.05, 4.69) is 0 Å². The zero-order chi connectivity index (χ0) is 34.6. The second kappa shape index (κ2) is 13.9. The first-order chi connectivity index (χ1) is 23.7. The molecule has 0 spiro atoms. The van der Waals surface area contributed by atoms with E-state index in [1.807, 2.05) is 4.98 Å². The Hall–Kier alpha value is -5.59. The Kier molecular flexibility index (Phi) is 9.43. The second-order valence-electron chi connectivity index (χ2n) is 11.2. The van der Waals surface area contributed by atoms with Gasteiger partial charge in [-0.15, -0.1) is 0 Å². The lowest BCUT2D eigenvalue weighted by Crippen LogP contribution is -2.50. The van der Waals surface area contributed by atoms with Gasteiger partial charge in [0.15, 0.2) is 25.1 Å². The van der Waals surface area contributed by atoms with Gasteiger partial charge in [-0.2, -0.15) is 0 Å². The van der Waals surface area contributed by atoms with Crippen LogP contribution in [0, 0.1) is 0 Å². The molecule has 12 heteroatoms. The molecule has 5 aromatic rings. The molecule has 0 unspecified atom stereocenters. The first kappa shape index (κ1) is 33.3. The number of alkyl halides is 2. The number of nitrogens with one attached hydrogen (secondary N) is 1. The fourth-order valence-corrected chi connectivity index (χ4v) is 5.87. The molecule has 0 radical (unpaired) electrons. The number of nitrogens with zero attached hydrogens (tertiary/aromatic N) is 1. The molecule has 0 bridgehead atoms. The fourth-order valence-electron chi connectivity index (χ4n) is 5.87. The number of methoxy groups -OCH3 is 2. The highest BCUT2D eigenvalue weighted by molar-refractivity contribution is 5.89. The van der Waals surface area contributed by atoms with Crippen molar-refractivity contribution in [2.45, 2.75) is 30.0 Å². The van der Waals surface area contributed by atoms with Crippen LogP contribution in [0.1, 0.15) is 33.3 Å². The number of hydrogen-bond donors (Lipinski definition) is 1.